The van der Waals surface area contributed by atoms with E-state index in [0.717, 1.165) is 29.7 Å². The third-order valence-corrected chi connectivity index (χ3v) is 6.02. The van der Waals surface area contributed by atoms with Crippen LogP contribution in [0.25, 0.3) is 0 Å². The second kappa shape index (κ2) is 9.78. The fourth-order valence-electron chi connectivity index (χ4n) is 3.45. The van der Waals surface area contributed by atoms with Gasteiger partial charge in [-0.1, -0.05) is 43.5 Å². The lowest BCUT2D eigenvalue weighted by Crippen LogP contribution is -2.65. The summed E-state index contributed by atoms with van der Waals surface area (Å²) < 4.78 is 5.65. The van der Waals surface area contributed by atoms with Crippen LogP contribution < -0.4 is 0 Å². The zero-order valence-corrected chi connectivity index (χ0v) is 19.2. The summed E-state index contributed by atoms with van der Waals surface area (Å²) in [7, 11) is 1.57. The number of carbonyl (C=O) groups excluding carboxylic acids is 3. The van der Waals surface area contributed by atoms with Crippen molar-refractivity contribution in [3.63, 3.8) is 0 Å². The molecule has 3 amide bonds. The first-order valence-corrected chi connectivity index (χ1v) is 11.0. The van der Waals surface area contributed by atoms with Crippen molar-refractivity contribution in [1.29, 1.82) is 0 Å². The highest BCUT2D eigenvalue weighted by atomic mass is 79.9. The normalized spacial score (nSPS) is 21.1. The molecule has 2 atom stereocenters. The highest BCUT2D eigenvalue weighted by molar-refractivity contribution is 9.18. The van der Waals surface area contributed by atoms with Crippen molar-refractivity contribution in [1.82, 2.24) is 14.7 Å². The summed E-state index contributed by atoms with van der Waals surface area (Å²) in [5, 5.41) is 0.619. The summed E-state index contributed by atoms with van der Waals surface area (Å²) in [6.45, 7) is 2.31. The first-order chi connectivity index (χ1) is 14.3. The van der Waals surface area contributed by atoms with Gasteiger partial charge in [0.25, 0.3) is 5.91 Å². The maximum Gasteiger partial charge on any atom is 0.328 e. The lowest BCUT2D eigenvalue weighted by molar-refractivity contribution is -0.151. The molecule has 2 unspecified atom stereocenters. The van der Waals surface area contributed by atoms with Crippen molar-refractivity contribution < 1.29 is 19.1 Å². The van der Waals surface area contributed by atoms with Gasteiger partial charge in [-0.05, 0) is 40.0 Å². The number of likely N-dealkylation sites (N-methyl/N-ethyl adjacent to an activating group) is 1. The van der Waals surface area contributed by atoms with Crippen LogP contribution in [-0.2, 0) is 20.9 Å². The fourth-order valence-corrected chi connectivity index (χ4v) is 4.14. The van der Waals surface area contributed by atoms with Gasteiger partial charge in [-0.3, -0.25) is 14.5 Å². The van der Waals surface area contributed by atoms with Crippen LogP contribution in [0.5, 0.6) is 0 Å². The molecule has 0 spiro atoms. The Morgan fingerprint density at radius 1 is 1.23 bits per heavy atom. The molecule has 30 heavy (non-hydrogen) atoms. The topological polar surface area (TPSA) is 82.5 Å². The summed E-state index contributed by atoms with van der Waals surface area (Å²) in [5.74, 6) is -1.07. The van der Waals surface area contributed by atoms with Gasteiger partial charge in [0.1, 0.15) is 6.54 Å². The minimum absolute atomic E-state index is 0.280. The lowest BCUT2D eigenvalue weighted by atomic mass is 10.1. The lowest BCUT2D eigenvalue weighted by Gasteiger charge is -2.40. The van der Waals surface area contributed by atoms with Crippen molar-refractivity contribution in [2.24, 2.45) is 4.99 Å². The molecule has 0 N–H and O–H groups in total. The van der Waals surface area contributed by atoms with Crippen LogP contribution in [0.3, 0.4) is 0 Å². The van der Waals surface area contributed by atoms with E-state index in [9.17, 15) is 14.4 Å². The maximum atomic E-state index is 13.2. The summed E-state index contributed by atoms with van der Waals surface area (Å²) in [6, 6.07) is 5.98. The Labute approximate surface area is 188 Å². The number of fused-ring (bicyclic) bond motifs is 1. The Kier molecular flexibility index (Phi) is 7.36. The molecule has 0 bridgehead atoms. The molecule has 10 heteroatoms. The number of amidine groups is 1. The molecule has 0 aromatic heterocycles. The highest BCUT2D eigenvalue weighted by Crippen LogP contribution is 2.31. The van der Waals surface area contributed by atoms with Gasteiger partial charge in [-0.2, -0.15) is 0 Å². The number of esters is 1. The number of hydrogen-bond acceptors (Lipinski definition) is 6. The number of benzene rings is 1. The molecule has 8 nitrogen and oxygen atoms in total. The molecule has 0 saturated carbocycles. The molecular formula is C20H24BrClN4O4. The maximum absolute atomic E-state index is 13.2. The second-order valence-corrected chi connectivity index (χ2v) is 8.40. The largest absolute Gasteiger partial charge is 0.464 e. The molecule has 162 valence electrons. The van der Waals surface area contributed by atoms with Crippen molar-refractivity contribution in [3.8, 4) is 0 Å². The van der Waals surface area contributed by atoms with Crippen LogP contribution in [0.4, 0.5) is 4.79 Å². The first-order valence-electron chi connectivity index (χ1n) is 9.81. The second-order valence-electron chi connectivity index (χ2n) is 7.26. The number of aliphatic imine (C=N–C) groups is 1. The van der Waals surface area contributed by atoms with Gasteiger partial charge in [0.05, 0.1) is 6.61 Å². The number of imide groups is 1. The minimum atomic E-state index is -0.731. The van der Waals surface area contributed by atoms with E-state index in [-0.39, 0.29) is 6.61 Å². The summed E-state index contributed by atoms with van der Waals surface area (Å²) in [6.07, 6.45) is 2.05. The minimum Gasteiger partial charge on any atom is -0.464 e. The van der Waals surface area contributed by atoms with Crippen molar-refractivity contribution in [3.05, 3.63) is 34.9 Å². The number of halogens is 2. The first kappa shape index (κ1) is 22.6. The average Bonchev–Trinajstić information content (AvgIpc) is 3.05. The third-order valence-electron chi connectivity index (χ3n) is 5.11. The monoisotopic (exact) mass is 498 g/mol. The van der Waals surface area contributed by atoms with E-state index >= 15 is 0 Å². The Balaban J connectivity index is 1.73. The van der Waals surface area contributed by atoms with E-state index in [2.05, 4.69) is 27.8 Å². The van der Waals surface area contributed by atoms with Crippen LogP contribution in [-0.4, -0.2) is 69.8 Å². The molecule has 2 aliphatic rings. The standard InChI is InChI=1S/C20H24BrClN4O4/c1-3-4-5-10-30-15(27)12-26-18(28)16-17(24(2)20(26)29)23-19(21)25(16)11-13-6-8-14(22)9-7-13/h6-9,16-17H,3-5,10-12H2,1-2H3. The van der Waals surface area contributed by atoms with Crippen molar-refractivity contribution in [2.75, 3.05) is 20.2 Å². The Morgan fingerprint density at radius 3 is 2.60 bits per heavy atom. The number of carbonyl (C=O) groups is 3. The highest BCUT2D eigenvalue weighted by Gasteiger charge is 2.52. The van der Waals surface area contributed by atoms with Gasteiger partial charge in [0.2, 0.25) is 0 Å². The van der Waals surface area contributed by atoms with Crippen LogP contribution in [0, 0.1) is 0 Å². The van der Waals surface area contributed by atoms with E-state index in [4.69, 9.17) is 16.3 Å². The zero-order valence-electron chi connectivity index (χ0n) is 16.9. The molecule has 1 saturated heterocycles. The number of urea groups is 1. The molecule has 1 aromatic rings. The van der Waals surface area contributed by atoms with Gasteiger partial charge >= 0.3 is 12.0 Å². The van der Waals surface area contributed by atoms with Crippen LogP contribution in [0.1, 0.15) is 31.7 Å². The number of unbranched alkanes of at least 4 members (excludes halogenated alkanes) is 2. The fraction of sp³-hybridized carbons (Fsp3) is 0.500. The Bertz CT molecular complexity index is 848. The van der Waals surface area contributed by atoms with Crippen LogP contribution in [0.2, 0.25) is 5.02 Å². The van der Waals surface area contributed by atoms with Gasteiger partial charge in [-0.15, -0.1) is 0 Å². The van der Waals surface area contributed by atoms with E-state index in [1.54, 1.807) is 24.1 Å². The van der Waals surface area contributed by atoms with Crippen molar-refractivity contribution in [2.45, 2.75) is 44.9 Å². The van der Waals surface area contributed by atoms with E-state index in [0.29, 0.717) is 16.3 Å². The summed E-state index contributed by atoms with van der Waals surface area (Å²) >= 11 is 9.36. The number of ether oxygens (including phenoxy) is 1. The van der Waals surface area contributed by atoms with Gasteiger partial charge in [-0.25, -0.2) is 9.79 Å². The van der Waals surface area contributed by atoms with Crippen molar-refractivity contribution >= 4 is 50.2 Å². The zero-order chi connectivity index (χ0) is 21.8. The molecule has 2 aliphatic heterocycles. The number of amides is 3. The molecule has 3 rings (SSSR count). The number of hydrogen-bond donors (Lipinski definition) is 0. The Hall–Kier alpha value is -2.13. The predicted molar refractivity (Wildman–Crippen MR) is 116 cm³/mol. The Morgan fingerprint density at radius 2 is 1.93 bits per heavy atom. The van der Waals surface area contributed by atoms with E-state index in [1.165, 1.54) is 4.90 Å². The van der Waals surface area contributed by atoms with Crippen LogP contribution in [0.15, 0.2) is 29.3 Å². The molecule has 0 radical (unpaired) electrons. The SMILES string of the molecule is CCCCCOC(=O)CN1C(=O)C2C(N=C(Br)N2Cc2ccc(Cl)cc2)N(C)C1=O. The molecule has 1 fully saturated rings. The summed E-state index contributed by atoms with van der Waals surface area (Å²) in [4.78, 5) is 46.6. The third kappa shape index (κ3) is 4.78. The quantitative estimate of drug-likeness (QED) is 0.312. The van der Waals surface area contributed by atoms with E-state index in [1.807, 2.05) is 12.1 Å². The summed E-state index contributed by atoms with van der Waals surface area (Å²) in [5.41, 5.74) is 0.932. The van der Waals surface area contributed by atoms with Gasteiger partial charge < -0.3 is 14.5 Å². The molecule has 0 aliphatic carbocycles. The average molecular weight is 500 g/mol. The van der Waals surface area contributed by atoms with Crippen LogP contribution >= 0.6 is 27.5 Å². The predicted octanol–water partition coefficient (Wildman–Crippen LogP) is 3.23. The van der Waals surface area contributed by atoms with Gasteiger partial charge in [0.15, 0.2) is 17.0 Å². The molecular weight excluding hydrogens is 476 g/mol. The molecule has 2 heterocycles. The number of rotatable bonds is 8. The smallest absolute Gasteiger partial charge is 0.328 e. The van der Waals surface area contributed by atoms with Gasteiger partial charge in [0, 0.05) is 18.6 Å². The van der Waals surface area contributed by atoms with E-state index < -0.39 is 36.7 Å². The molecule has 1 aromatic carbocycles. The number of nitrogens with zero attached hydrogens (tertiary/aromatic N) is 4.